The van der Waals surface area contributed by atoms with Gasteiger partial charge in [-0.05, 0) is 36.0 Å². The molecule has 1 aliphatic heterocycles. The first-order chi connectivity index (χ1) is 18.6. The van der Waals surface area contributed by atoms with E-state index in [0.717, 1.165) is 30.5 Å². The van der Waals surface area contributed by atoms with E-state index >= 15 is 0 Å². The summed E-state index contributed by atoms with van der Waals surface area (Å²) in [6.07, 6.45) is 6.93. The molecule has 1 aromatic heterocycles. The minimum atomic E-state index is -0.782. The SMILES string of the molecule is CC(C)(CC(=O)CC1(CC(=O)c2cc(-c3ccc(F)cc3F)on2)CN(C2CCCCC2)C1)c1ccccc1. The number of hydrogen-bond acceptors (Lipinski definition) is 5. The van der Waals surface area contributed by atoms with Crippen LogP contribution in [-0.4, -0.2) is 40.8 Å². The molecule has 0 atom stereocenters. The number of carbonyl (C=O) groups is 2. The molecule has 0 N–H and O–H groups in total. The highest BCUT2D eigenvalue weighted by atomic mass is 19.1. The second-order valence-corrected chi connectivity index (χ2v) is 12.1. The molecule has 5 nitrogen and oxygen atoms in total. The Morgan fingerprint density at radius 1 is 1.00 bits per heavy atom. The highest BCUT2D eigenvalue weighted by Gasteiger charge is 2.48. The van der Waals surface area contributed by atoms with E-state index in [2.05, 4.69) is 23.9 Å². The quantitative estimate of drug-likeness (QED) is 0.258. The van der Waals surface area contributed by atoms with Gasteiger partial charge in [0.2, 0.25) is 0 Å². The van der Waals surface area contributed by atoms with Crippen LogP contribution in [0.25, 0.3) is 11.3 Å². The second-order valence-electron chi connectivity index (χ2n) is 12.1. The van der Waals surface area contributed by atoms with Crippen molar-refractivity contribution in [2.75, 3.05) is 13.1 Å². The van der Waals surface area contributed by atoms with Crippen LogP contribution in [0, 0.1) is 17.0 Å². The summed E-state index contributed by atoms with van der Waals surface area (Å²) in [7, 11) is 0. The van der Waals surface area contributed by atoms with Gasteiger partial charge in [0, 0.05) is 55.9 Å². The molecule has 2 fully saturated rings. The predicted molar refractivity (Wildman–Crippen MR) is 145 cm³/mol. The zero-order valence-electron chi connectivity index (χ0n) is 22.7. The molecule has 206 valence electrons. The summed E-state index contributed by atoms with van der Waals surface area (Å²) in [5, 5.41) is 3.90. The van der Waals surface area contributed by atoms with Crippen molar-refractivity contribution >= 4 is 11.6 Å². The van der Waals surface area contributed by atoms with E-state index < -0.39 is 17.0 Å². The van der Waals surface area contributed by atoms with E-state index in [1.165, 1.54) is 31.4 Å². The first-order valence-electron chi connectivity index (χ1n) is 13.9. The van der Waals surface area contributed by atoms with Crippen LogP contribution in [0.5, 0.6) is 0 Å². The number of rotatable bonds is 10. The fourth-order valence-corrected chi connectivity index (χ4v) is 6.42. The van der Waals surface area contributed by atoms with Crippen LogP contribution < -0.4 is 0 Å². The highest BCUT2D eigenvalue weighted by Crippen LogP contribution is 2.43. The van der Waals surface area contributed by atoms with E-state index in [0.29, 0.717) is 32.0 Å². The molecule has 2 heterocycles. The average Bonchev–Trinajstić information content (AvgIpc) is 3.38. The van der Waals surface area contributed by atoms with Crippen molar-refractivity contribution in [3.8, 4) is 11.3 Å². The number of Topliss-reactive ketones (excluding diaryl/α,β-unsaturated/α-hetero) is 2. The predicted octanol–water partition coefficient (Wildman–Crippen LogP) is 7.15. The Bertz CT molecular complexity index is 1320. The molecule has 5 rings (SSSR count). The first-order valence-corrected chi connectivity index (χ1v) is 13.9. The van der Waals surface area contributed by atoms with Gasteiger partial charge >= 0.3 is 0 Å². The molecule has 39 heavy (non-hydrogen) atoms. The number of carbonyl (C=O) groups excluding carboxylic acids is 2. The third kappa shape index (κ3) is 6.19. The van der Waals surface area contributed by atoms with Gasteiger partial charge in [0.05, 0.1) is 5.56 Å². The van der Waals surface area contributed by atoms with Gasteiger partial charge in [0.15, 0.2) is 11.5 Å². The van der Waals surface area contributed by atoms with Crippen molar-refractivity contribution in [1.82, 2.24) is 10.1 Å². The minimum absolute atomic E-state index is 0.0445. The molecule has 2 aliphatic rings. The number of ketones is 2. The Morgan fingerprint density at radius 2 is 1.72 bits per heavy atom. The summed E-state index contributed by atoms with van der Waals surface area (Å²) >= 11 is 0. The Kier molecular flexibility index (Phi) is 7.81. The average molecular weight is 535 g/mol. The molecule has 3 aromatic rings. The van der Waals surface area contributed by atoms with Gasteiger partial charge in [-0.15, -0.1) is 0 Å². The largest absolute Gasteiger partial charge is 0.355 e. The fourth-order valence-electron chi connectivity index (χ4n) is 6.42. The van der Waals surface area contributed by atoms with Gasteiger partial charge in [-0.25, -0.2) is 8.78 Å². The van der Waals surface area contributed by atoms with Crippen molar-refractivity contribution in [2.45, 2.75) is 76.7 Å². The van der Waals surface area contributed by atoms with Gasteiger partial charge < -0.3 is 4.52 Å². The maximum Gasteiger partial charge on any atom is 0.185 e. The zero-order valence-corrected chi connectivity index (χ0v) is 22.7. The molecule has 0 amide bonds. The third-order valence-corrected chi connectivity index (χ3v) is 8.46. The van der Waals surface area contributed by atoms with E-state index in [1.807, 2.05) is 30.3 Å². The molecule has 2 aromatic carbocycles. The Hall–Kier alpha value is -3.19. The lowest BCUT2D eigenvalue weighted by Crippen LogP contribution is -2.61. The van der Waals surface area contributed by atoms with Crippen LogP contribution >= 0.6 is 0 Å². The standard InChI is InChI=1S/C32H36F2N2O3/c1-31(2,22-9-5-3-6-10-22)17-25(37)18-32(20-36(21-32)24-11-7-4-8-12-24)19-29(38)28-16-30(39-35-28)26-14-13-23(33)15-27(26)34/h3,5-6,9-10,13-16,24H,4,7-8,11-12,17-21H2,1-2H3. The van der Waals surface area contributed by atoms with Gasteiger partial charge in [-0.3, -0.25) is 14.5 Å². The number of halogens is 2. The van der Waals surface area contributed by atoms with Crippen molar-refractivity contribution in [3.63, 3.8) is 0 Å². The third-order valence-electron chi connectivity index (χ3n) is 8.46. The number of likely N-dealkylation sites (tertiary alicyclic amines) is 1. The van der Waals surface area contributed by atoms with E-state index in [1.54, 1.807) is 0 Å². The van der Waals surface area contributed by atoms with Crippen molar-refractivity contribution in [3.05, 3.63) is 77.5 Å². The Balaban J connectivity index is 1.31. The van der Waals surface area contributed by atoms with Gasteiger partial charge in [0.25, 0.3) is 0 Å². The van der Waals surface area contributed by atoms with Gasteiger partial charge in [0.1, 0.15) is 23.1 Å². The summed E-state index contributed by atoms with van der Waals surface area (Å²) in [5.74, 6) is -1.49. The lowest BCUT2D eigenvalue weighted by molar-refractivity contribution is -0.127. The number of benzene rings is 2. The lowest BCUT2D eigenvalue weighted by Gasteiger charge is -2.54. The molecule has 1 saturated carbocycles. The molecule has 1 aliphatic carbocycles. The van der Waals surface area contributed by atoms with Crippen LogP contribution in [0.15, 0.2) is 59.1 Å². The van der Waals surface area contributed by atoms with Gasteiger partial charge in [-0.1, -0.05) is 68.6 Å². The van der Waals surface area contributed by atoms with E-state index in [9.17, 15) is 18.4 Å². The first kappa shape index (κ1) is 27.4. The van der Waals surface area contributed by atoms with Crippen LogP contribution in [0.4, 0.5) is 8.78 Å². The highest BCUT2D eigenvalue weighted by molar-refractivity contribution is 5.96. The van der Waals surface area contributed by atoms with E-state index in [4.69, 9.17) is 4.52 Å². The van der Waals surface area contributed by atoms with Crippen LogP contribution in [0.2, 0.25) is 0 Å². The molecule has 1 saturated heterocycles. The summed E-state index contributed by atoms with van der Waals surface area (Å²) in [4.78, 5) is 29.3. The van der Waals surface area contributed by atoms with Crippen molar-refractivity contribution in [2.24, 2.45) is 5.41 Å². The van der Waals surface area contributed by atoms with Crippen molar-refractivity contribution in [1.29, 1.82) is 0 Å². The summed E-state index contributed by atoms with van der Waals surface area (Å²) < 4.78 is 32.8. The zero-order chi connectivity index (χ0) is 27.6. The minimum Gasteiger partial charge on any atom is -0.355 e. The topological polar surface area (TPSA) is 63.4 Å². The fraction of sp³-hybridized carbons (Fsp3) is 0.469. The molecular formula is C32H36F2N2O3. The maximum absolute atomic E-state index is 14.2. The Morgan fingerprint density at radius 3 is 2.41 bits per heavy atom. The lowest BCUT2D eigenvalue weighted by atomic mass is 9.68. The number of hydrogen-bond donors (Lipinski definition) is 0. The number of nitrogens with zero attached hydrogens (tertiary/aromatic N) is 2. The van der Waals surface area contributed by atoms with Crippen molar-refractivity contribution < 1.29 is 22.9 Å². The molecule has 0 bridgehead atoms. The maximum atomic E-state index is 14.2. The smallest absolute Gasteiger partial charge is 0.185 e. The van der Waals surface area contributed by atoms with Gasteiger partial charge in [-0.2, -0.15) is 0 Å². The Labute approximate surface area is 228 Å². The molecule has 0 unspecified atom stereocenters. The number of aromatic nitrogens is 1. The molecule has 0 radical (unpaired) electrons. The summed E-state index contributed by atoms with van der Waals surface area (Å²) in [5.41, 5.74) is 0.489. The second kappa shape index (κ2) is 11.1. The van der Waals surface area contributed by atoms with E-state index in [-0.39, 0.29) is 40.4 Å². The van der Waals surface area contributed by atoms with Crippen LogP contribution in [0.1, 0.15) is 81.3 Å². The monoisotopic (exact) mass is 534 g/mol. The van der Waals surface area contributed by atoms with Crippen LogP contribution in [-0.2, 0) is 10.2 Å². The van der Waals surface area contributed by atoms with Crippen LogP contribution in [0.3, 0.4) is 0 Å². The summed E-state index contributed by atoms with van der Waals surface area (Å²) in [6, 6.07) is 15.1. The molecule has 7 heteroatoms. The normalized spacial score (nSPS) is 18.1. The molecule has 0 spiro atoms. The molecular weight excluding hydrogens is 498 g/mol. The summed E-state index contributed by atoms with van der Waals surface area (Å²) in [6.45, 7) is 5.58.